The third-order valence-electron chi connectivity index (χ3n) is 3.96. The molecule has 1 aliphatic heterocycles. The third-order valence-corrected chi connectivity index (χ3v) is 4.95. The van der Waals surface area contributed by atoms with E-state index in [1.54, 1.807) is 29.8 Å². The fourth-order valence-electron chi connectivity index (χ4n) is 2.85. The molecular weight excluding hydrogens is 282 g/mol. The number of hydrogen-bond acceptors (Lipinski definition) is 4. The van der Waals surface area contributed by atoms with E-state index >= 15 is 0 Å². The first-order chi connectivity index (χ1) is 10.2. The van der Waals surface area contributed by atoms with E-state index in [0.717, 1.165) is 25.2 Å². The molecule has 1 N–H and O–H groups in total. The maximum atomic E-state index is 12.9. The number of fused-ring (bicyclic) bond motifs is 1. The van der Waals surface area contributed by atoms with Gasteiger partial charge in [-0.15, -0.1) is 11.3 Å². The van der Waals surface area contributed by atoms with Gasteiger partial charge in [-0.1, -0.05) is 0 Å². The van der Waals surface area contributed by atoms with Crippen LogP contribution in [0.4, 0.5) is 5.69 Å². The molecule has 1 atom stereocenters. The van der Waals surface area contributed by atoms with Crippen LogP contribution in [0.25, 0.3) is 0 Å². The van der Waals surface area contributed by atoms with E-state index < -0.39 is 0 Å². The largest absolute Gasteiger partial charge is 0.383 e. The van der Waals surface area contributed by atoms with E-state index in [4.69, 9.17) is 0 Å². The predicted molar refractivity (Wildman–Crippen MR) is 85.9 cm³/mol. The van der Waals surface area contributed by atoms with Crippen molar-refractivity contribution >= 4 is 22.9 Å². The van der Waals surface area contributed by atoms with Crippen LogP contribution in [0.2, 0.25) is 0 Å². The predicted octanol–water partition coefficient (Wildman–Crippen LogP) is 3.33. The van der Waals surface area contributed by atoms with E-state index in [2.05, 4.69) is 28.7 Å². The molecule has 2 aromatic heterocycles. The SMILES string of the molecule is CCNc1cnccc1C(=O)N1CCc2sccc2C1C. The average Bonchev–Trinajstić information content (AvgIpc) is 2.97. The number of carbonyl (C=O) groups is 1. The van der Waals surface area contributed by atoms with Gasteiger partial charge in [-0.25, -0.2) is 0 Å². The number of hydrogen-bond donors (Lipinski definition) is 1. The number of carbonyl (C=O) groups excluding carboxylic acids is 1. The van der Waals surface area contributed by atoms with Gasteiger partial charge < -0.3 is 10.2 Å². The normalized spacial score (nSPS) is 17.4. The maximum Gasteiger partial charge on any atom is 0.256 e. The molecule has 5 heteroatoms. The van der Waals surface area contributed by atoms with Crippen molar-refractivity contribution in [3.63, 3.8) is 0 Å². The van der Waals surface area contributed by atoms with E-state index in [1.165, 1.54) is 10.4 Å². The second-order valence-electron chi connectivity index (χ2n) is 5.18. The van der Waals surface area contributed by atoms with Crippen LogP contribution in [0, 0.1) is 0 Å². The molecule has 0 aliphatic carbocycles. The highest BCUT2D eigenvalue weighted by Gasteiger charge is 2.29. The third kappa shape index (κ3) is 2.53. The summed E-state index contributed by atoms with van der Waals surface area (Å²) in [6.45, 7) is 5.68. The molecule has 0 radical (unpaired) electrons. The molecule has 110 valence electrons. The zero-order valence-electron chi connectivity index (χ0n) is 12.3. The zero-order valence-corrected chi connectivity index (χ0v) is 13.1. The molecule has 0 bridgehead atoms. The van der Waals surface area contributed by atoms with Crippen LogP contribution in [-0.2, 0) is 6.42 Å². The molecule has 0 saturated carbocycles. The zero-order chi connectivity index (χ0) is 14.8. The summed E-state index contributed by atoms with van der Waals surface area (Å²) in [5.41, 5.74) is 2.81. The minimum absolute atomic E-state index is 0.0812. The van der Waals surface area contributed by atoms with Gasteiger partial charge >= 0.3 is 0 Å². The molecule has 3 rings (SSSR count). The molecule has 0 aromatic carbocycles. The smallest absolute Gasteiger partial charge is 0.256 e. The summed E-state index contributed by atoms with van der Waals surface area (Å²) >= 11 is 1.79. The summed E-state index contributed by atoms with van der Waals surface area (Å²) in [6.07, 6.45) is 4.35. The Bertz CT molecular complexity index is 652. The van der Waals surface area contributed by atoms with E-state index in [1.807, 2.05) is 11.8 Å². The van der Waals surface area contributed by atoms with Crippen molar-refractivity contribution < 1.29 is 4.79 Å². The van der Waals surface area contributed by atoms with Gasteiger partial charge in [0.25, 0.3) is 5.91 Å². The second-order valence-corrected chi connectivity index (χ2v) is 6.18. The number of pyridine rings is 1. The number of nitrogens with zero attached hydrogens (tertiary/aromatic N) is 2. The van der Waals surface area contributed by atoms with Crippen molar-refractivity contribution in [1.29, 1.82) is 0 Å². The lowest BCUT2D eigenvalue weighted by Gasteiger charge is -2.34. The lowest BCUT2D eigenvalue weighted by Crippen LogP contribution is -2.38. The van der Waals surface area contributed by atoms with Gasteiger partial charge in [0.1, 0.15) is 0 Å². The topological polar surface area (TPSA) is 45.2 Å². The molecule has 0 saturated heterocycles. The number of nitrogens with one attached hydrogen (secondary N) is 1. The molecule has 21 heavy (non-hydrogen) atoms. The molecule has 1 amide bonds. The minimum atomic E-state index is 0.0812. The Balaban J connectivity index is 1.90. The highest BCUT2D eigenvalue weighted by molar-refractivity contribution is 7.10. The Morgan fingerprint density at radius 3 is 3.19 bits per heavy atom. The Labute approximate surface area is 128 Å². The van der Waals surface area contributed by atoms with Crippen LogP contribution >= 0.6 is 11.3 Å². The summed E-state index contributed by atoms with van der Waals surface area (Å²) in [4.78, 5) is 20.4. The number of amides is 1. The second kappa shape index (κ2) is 5.85. The van der Waals surface area contributed by atoms with Crippen LogP contribution < -0.4 is 5.32 Å². The fourth-order valence-corrected chi connectivity index (χ4v) is 3.82. The van der Waals surface area contributed by atoms with E-state index in [9.17, 15) is 4.79 Å². The average molecular weight is 301 g/mol. The molecular formula is C16H19N3OS. The van der Waals surface area contributed by atoms with E-state index in [0.29, 0.717) is 5.56 Å². The Hall–Kier alpha value is -1.88. The Morgan fingerprint density at radius 1 is 1.52 bits per heavy atom. The van der Waals surface area contributed by atoms with Gasteiger partial charge in [-0.3, -0.25) is 9.78 Å². The minimum Gasteiger partial charge on any atom is -0.383 e. The van der Waals surface area contributed by atoms with E-state index in [-0.39, 0.29) is 11.9 Å². The number of anilines is 1. The number of rotatable bonds is 3. The van der Waals surface area contributed by atoms with Gasteiger partial charge in [-0.05, 0) is 43.3 Å². The number of thiophene rings is 1. The van der Waals surface area contributed by atoms with Crippen LogP contribution in [0.3, 0.4) is 0 Å². The summed E-state index contributed by atoms with van der Waals surface area (Å²) in [5.74, 6) is 0.0812. The molecule has 1 aliphatic rings. The molecule has 3 heterocycles. The number of aromatic nitrogens is 1. The van der Waals surface area contributed by atoms with Crippen LogP contribution in [0.15, 0.2) is 29.9 Å². The Kier molecular flexibility index (Phi) is 3.92. The van der Waals surface area contributed by atoms with Gasteiger partial charge in [-0.2, -0.15) is 0 Å². The molecule has 1 unspecified atom stereocenters. The van der Waals surface area contributed by atoms with Crippen LogP contribution in [0.5, 0.6) is 0 Å². The fraction of sp³-hybridized carbons (Fsp3) is 0.375. The monoisotopic (exact) mass is 301 g/mol. The summed E-state index contributed by atoms with van der Waals surface area (Å²) in [7, 11) is 0. The van der Waals surface area contributed by atoms with Gasteiger partial charge in [0.05, 0.1) is 23.5 Å². The summed E-state index contributed by atoms with van der Waals surface area (Å²) in [5, 5.41) is 5.33. The van der Waals surface area contributed by atoms with Gasteiger partial charge in [0, 0.05) is 24.2 Å². The van der Waals surface area contributed by atoms with Crippen molar-refractivity contribution in [3.05, 3.63) is 45.9 Å². The highest BCUT2D eigenvalue weighted by Crippen LogP contribution is 2.34. The quantitative estimate of drug-likeness (QED) is 0.945. The maximum absolute atomic E-state index is 12.9. The molecule has 0 spiro atoms. The van der Waals surface area contributed by atoms with Crippen molar-refractivity contribution in [2.24, 2.45) is 0 Å². The van der Waals surface area contributed by atoms with Gasteiger partial charge in [0.15, 0.2) is 0 Å². The lowest BCUT2D eigenvalue weighted by atomic mass is 10.0. The van der Waals surface area contributed by atoms with Crippen molar-refractivity contribution in [2.75, 3.05) is 18.4 Å². The van der Waals surface area contributed by atoms with Gasteiger partial charge in [0.2, 0.25) is 0 Å². The van der Waals surface area contributed by atoms with Crippen molar-refractivity contribution in [2.45, 2.75) is 26.3 Å². The highest BCUT2D eigenvalue weighted by atomic mass is 32.1. The summed E-state index contributed by atoms with van der Waals surface area (Å²) < 4.78 is 0. The molecule has 4 nitrogen and oxygen atoms in total. The first-order valence-electron chi connectivity index (χ1n) is 7.27. The molecule has 0 fully saturated rings. The van der Waals surface area contributed by atoms with Crippen molar-refractivity contribution in [3.8, 4) is 0 Å². The summed E-state index contributed by atoms with van der Waals surface area (Å²) in [6, 6.07) is 4.08. The lowest BCUT2D eigenvalue weighted by molar-refractivity contribution is 0.0680. The van der Waals surface area contributed by atoms with Crippen LogP contribution in [0.1, 0.15) is 40.7 Å². The first kappa shape index (κ1) is 14.1. The standard InChI is InChI=1S/C16H19N3OS/c1-3-18-14-10-17-7-4-13(14)16(20)19-8-5-15-12(11(19)2)6-9-21-15/h4,6-7,9-11,18H,3,5,8H2,1-2H3. The van der Waals surface area contributed by atoms with Crippen molar-refractivity contribution in [1.82, 2.24) is 9.88 Å². The molecule has 2 aromatic rings. The Morgan fingerprint density at radius 2 is 2.38 bits per heavy atom. The van der Waals surface area contributed by atoms with Crippen LogP contribution in [-0.4, -0.2) is 28.9 Å². The first-order valence-corrected chi connectivity index (χ1v) is 8.15.